The number of nitrogens with one attached hydrogen (secondary N) is 2. The smallest absolute Gasteiger partial charge is 0.231 e. The highest BCUT2D eigenvalue weighted by Crippen LogP contribution is 2.35. The Morgan fingerprint density at radius 3 is 3.04 bits per heavy atom. The summed E-state index contributed by atoms with van der Waals surface area (Å²) >= 11 is 0. The predicted octanol–water partition coefficient (Wildman–Crippen LogP) is 3.74. The summed E-state index contributed by atoms with van der Waals surface area (Å²) in [5.41, 5.74) is 5.10. The fourth-order valence-electron chi connectivity index (χ4n) is 3.57. The monoisotopic (exact) mass is 363 g/mol. The van der Waals surface area contributed by atoms with E-state index in [9.17, 15) is 9.18 Å². The highest BCUT2D eigenvalue weighted by atomic mass is 19.1. The van der Waals surface area contributed by atoms with Gasteiger partial charge in [-0.05, 0) is 42.2 Å². The van der Waals surface area contributed by atoms with Crippen LogP contribution < -0.4 is 5.32 Å². The second kappa shape index (κ2) is 5.90. The number of carbonyl (C=O) groups excluding carboxylic acids is 1. The minimum atomic E-state index is -1.02. The molecule has 1 fully saturated rings. The van der Waals surface area contributed by atoms with E-state index < -0.39 is 12.1 Å². The molecule has 136 valence electrons. The van der Waals surface area contributed by atoms with Crippen LogP contribution >= 0.6 is 0 Å². The van der Waals surface area contributed by atoms with E-state index in [0.717, 1.165) is 34.1 Å². The molecule has 0 radical (unpaired) electrons. The van der Waals surface area contributed by atoms with Crippen molar-refractivity contribution in [1.82, 2.24) is 19.6 Å². The molecule has 5 rings (SSSR count). The molecule has 27 heavy (non-hydrogen) atoms. The molecular formula is C20H18FN5O. The number of nitrogens with zero attached hydrogens (tertiary/aromatic N) is 3. The van der Waals surface area contributed by atoms with Gasteiger partial charge in [0.05, 0.1) is 11.4 Å². The highest BCUT2D eigenvalue weighted by Gasteiger charge is 2.43. The van der Waals surface area contributed by atoms with Crippen LogP contribution in [0.4, 0.5) is 10.2 Å². The van der Waals surface area contributed by atoms with Crippen LogP contribution in [0, 0.1) is 5.92 Å². The summed E-state index contributed by atoms with van der Waals surface area (Å²) in [7, 11) is 0. The van der Waals surface area contributed by atoms with Crippen LogP contribution in [0.15, 0.2) is 42.9 Å². The maximum Gasteiger partial charge on any atom is 0.231 e. The van der Waals surface area contributed by atoms with E-state index in [1.54, 1.807) is 10.6 Å². The van der Waals surface area contributed by atoms with Crippen LogP contribution in [-0.4, -0.2) is 31.7 Å². The number of aromatic nitrogens is 4. The topological polar surface area (TPSA) is 75.1 Å². The minimum Gasteiger partial charge on any atom is -0.346 e. The summed E-state index contributed by atoms with van der Waals surface area (Å²) < 4.78 is 14.7. The second-order valence-electron chi connectivity index (χ2n) is 6.91. The number of amides is 1. The molecule has 4 heterocycles. The molecule has 2 N–H and O–H groups in total. The van der Waals surface area contributed by atoms with Crippen molar-refractivity contribution in [2.75, 3.05) is 5.32 Å². The van der Waals surface area contributed by atoms with Gasteiger partial charge >= 0.3 is 0 Å². The molecule has 0 saturated heterocycles. The van der Waals surface area contributed by atoms with Crippen LogP contribution in [0.25, 0.3) is 27.7 Å². The number of rotatable bonds is 4. The van der Waals surface area contributed by atoms with Gasteiger partial charge in [-0.3, -0.25) is 4.79 Å². The Balaban J connectivity index is 1.52. The van der Waals surface area contributed by atoms with E-state index in [0.29, 0.717) is 12.2 Å². The number of hydrogen-bond donors (Lipinski definition) is 2. The van der Waals surface area contributed by atoms with Crippen molar-refractivity contribution in [2.24, 2.45) is 5.92 Å². The van der Waals surface area contributed by atoms with Gasteiger partial charge in [-0.25, -0.2) is 13.9 Å². The Morgan fingerprint density at radius 2 is 2.26 bits per heavy atom. The van der Waals surface area contributed by atoms with Gasteiger partial charge in [0, 0.05) is 35.6 Å². The molecule has 1 aliphatic carbocycles. The van der Waals surface area contributed by atoms with Crippen molar-refractivity contribution < 1.29 is 9.18 Å². The maximum atomic E-state index is 13.0. The third-order valence-electron chi connectivity index (χ3n) is 5.13. The number of halogens is 1. The van der Waals surface area contributed by atoms with E-state index in [4.69, 9.17) is 0 Å². The van der Waals surface area contributed by atoms with Gasteiger partial charge in [-0.1, -0.05) is 6.92 Å². The molecule has 1 saturated carbocycles. The van der Waals surface area contributed by atoms with Gasteiger partial charge in [0.2, 0.25) is 5.91 Å². The molecule has 4 aromatic heterocycles. The number of aromatic amines is 1. The summed E-state index contributed by atoms with van der Waals surface area (Å²) in [6.07, 6.45) is 5.82. The molecule has 0 aliphatic heterocycles. The molecule has 0 spiro atoms. The summed E-state index contributed by atoms with van der Waals surface area (Å²) in [4.78, 5) is 19.6. The Bertz CT molecular complexity index is 1180. The molecule has 1 amide bonds. The maximum absolute atomic E-state index is 13.0. The molecule has 2 atom stereocenters. The number of fused-ring (bicyclic) bond motifs is 2. The lowest BCUT2D eigenvalue weighted by Crippen LogP contribution is -2.15. The van der Waals surface area contributed by atoms with Crippen LogP contribution in [0.1, 0.15) is 18.9 Å². The average molecular weight is 363 g/mol. The minimum absolute atomic E-state index is 0.303. The lowest BCUT2D eigenvalue weighted by Gasteiger charge is -2.09. The number of H-pyrrole nitrogens is 1. The predicted molar refractivity (Wildman–Crippen MR) is 101 cm³/mol. The van der Waals surface area contributed by atoms with Gasteiger partial charge in [0.1, 0.15) is 11.8 Å². The zero-order valence-corrected chi connectivity index (χ0v) is 14.7. The molecule has 1 aliphatic rings. The Morgan fingerprint density at radius 1 is 1.41 bits per heavy atom. The van der Waals surface area contributed by atoms with Gasteiger partial charge in [0.15, 0.2) is 5.82 Å². The van der Waals surface area contributed by atoms with Crippen molar-refractivity contribution in [2.45, 2.75) is 25.9 Å². The normalized spacial score (nSPS) is 18.9. The van der Waals surface area contributed by atoms with E-state index in [2.05, 4.69) is 27.3 Å². The lowest BCUT2D eigenvalue weighted by atomic mass is 9.98. The second-order valence-corrected chi connectivity index (χ2v) is 6.91. The SMILES string of the molecule is CCc1c(-c2ccn3nc(NC(=O)C4CC4F)cc3c2)cnc2[nH]ccc12. The van der Waals surface area contributed by atoms with Gasteiger partial charge in [-0.15, -0.1) is 0 Å². The van der Waals surface area contributed by atoms with Gasteiger partial charge in [-0.2, -0.15) is 5.10 Å². The zero-order valence-electron chi connectivity index (χ0n) is 14.7. The lowest BCUT2D eigenvalue weighted by molar-refractivity contribution is -0.117. The van der Waals surface area contributed by atoms with Gasteiger partial charge in [0.25, 0.3) is 0 Å². The molecular weight excluding hydrogens is 345 g/mol. The molecule has 0 aromatic carbocycles. The van der Waals surface area contributed by atoms with Crippen molar-refractivity contribution in [3.8, 4) is 11.1 Å². The van der Waals surface area contributed by atoms with Crippen LogP contribution in [0.2, 0.25) is 0 Å². The van der Waals surface area contributed by atoms with Crippen molar-refractivity contribution in [3.05, 3.63) is 48.4 Å². The van der Waals surface area contributed by atoms with Crippen molar-refractivity contribution in [1.29, 1.82) is 0 Å². The number of carbonyl (C=O) groups is 1. The van der Waals surface area contributed by atoms with Crippen LogP contribution in [0.5, 0.6) is 0 Å². The first-order valence-electron chi connectivity index (χ1n) is 9.03. The largest absolute Gasteiger partial charge is 0.346 e. The quantitative estimate of drug-likeness (QED) is 0.580. The van der Waals surface area contributed by atoms with Crippen LogP contribution in [0.3, 0.4) is 0 Å². The Labute approximate surface area is 154 Å². The number of hydrogen-bond acceptors (Lipinski definition) is 3. The highest BCUT2D eigenvalue weighted by molar-refractivity contribution is 5.94. The summed E-state index contributed by atoms with van der Waals surface area (Å²) in [5, 5.41) is 8.17. The molecule has 2 unspecified atom stereocenters. The molecule has 4 aromatic rings. The fourth-order valence-corrected chi connectivity index (χ4v) is 3.57. The number of pyridine rings is 2. The fraction of sp³-hybridized carbons (Fsp3) is 0.250. The summed E-state index contributed by atoms with van der Waals surface area (Å²) in [5.74, 6) is -0.399. The van der Waals surface area contributed by atoms with Crippen molar-refractivity contribution in [3.63, 3.8) is 0 Å². The third-order valence-corrected chi connectivity index (χ3v) is 5.13. The molecule has 0 bridgehead atoms. The van der Waals surface area contributed by atoms with E-state index in [1.807, 2.05) is 36.8 Å². The Hall–Kier alpha value is -3.22. The molecule has 6 nitrogen and oxygen atoms in total. The number of anilines is 1. The first kappa shape index (κ1) is 16.0. The standard InChI is InChI=1S/C20H18FN5O/c1-2-13-14-3-5-22-19(14)23-10-16(13)11-4-6-26-12(7-11)8-18(25-26)24-20(27)15-9-17(15)21/h3-8,10,15,17H,2,9H2,1H3,(H,22,23)(H,24,25,27). The number of alkyl halides is 1. The summed E-state index contributed by atoms with van der Waals surface area (Å²) in [6.45, 7) is 2.13. The van der Waals surface area contributed by atoms with Gasteiger partial charge < -0.3 is 10.3 Å². The van der Waals surface area contributed by atoms with E-state index in [-0.39, 0.29) is 5.91 Å². The van der Waals surface area contributed by atoms with E-state index in [1.165, 1.54) is 5.56 Å². The first-order valence-corrected chi connectivity index (χ1v) is 9.03. The first-order chi connectivity index (χ1) is 13.1. The average Bonchev–Trinajstić information content (AvgIpc) is 3.07. The Kier molecular flexibility index (Phi) is 3.50. The summed E-state index contributed by atoms with van der Waals surface area (Å²) in [6, 6.07) is 7.85. The third kappa shape index (κ3) is 2.66. The van der Waals surface area contributed by atoms with E-state index >= 15 is 0 Å². The van der Waals surface area contributed by atoms with Crippen molar-refractivity contribution >= 4 is 28.3 Å². The van der Waals surface area contributed by atoms with Crippen LogP contribution in [-0.2, 0) is 11.2 Å². The molecule has 7 heteroatoms. The number of aryl methyl sites for hydroxylation is 1. The zero-order chi connectivity index (χ0) is 18.5.